The van der Waals surface area contributed by atoms with Gasteiger partial charge in [0.1, 0.15) is 17.5 Å². The van der Waals surface area contributed by atoms with Gasteiger partial charge in [-0.3, -0.25) is 9.78 Å². The Hall–Kier alpha value is -2.58. The Morgan fingerprint density at radius 3 is 2.90 bits per heavy atom. The lowest BCUT2D eigenvalue weighted by Crippen LogP contribution is -2.14. The first-order valence-electron chi connectivity index (χ1n) is 5.65. The molecule has 20 heavy (non-hydrogen) atoms. The fraction of sp³-hybridized carbons (Fsp3) is 0.0714. The molecular formula is C14H10ClN3O2. The number of rotatable bonds is 3. The molecule has 0 unspecified atom stereocenters. The second-order valence-corrected chi connectivity index (χ2v) is 4.21. The summed E-state index contributed by atoms with van der Waals surface area (Å²) in [6.45, 7) is 0. The molecule has 5 nitrogen and oxygen atoms in total. The third kappa shape index (κ3) is 2.71. The van der Waals surface area contributed by atoms with Crippen LogP contribution in [0.25, 0.3) is 0 Å². The highest BCUT2D eigenvalue weighted by atomic mass is 35.5. The fourth-order valence-electron chi connectivity index (χ4n) is 1.66. The SMILES string of the molecule is COc1cccc(C#N)c1NC(=O)c1ccncc1Cl. The molecule has 0 aliphatic carbocycles. The van der Waals surface area contributed by atoms with Crippen LogP contribution in [0.3, 0.4) is 0 Å². The van der Waals surface area contributed by atoms with Crippen LogP contribution in [0.4, 0.5) is 5.69 Å². The zero-order valence-electron chi connectivity index (χ0n) is 10.6. The van der Waals surface area contributed by atoms with Gasteiger partial charge in [0.25, 0.3) is 5.91 Å². The van der Waals surface area contributed by atoms with Crippen LogP contribution in [0, 0.1) is 11.3 Å². The van der Waals surface area contributed by atoms with Crippen molar-refractivity contribution in [3.8, 4) is 11.8 Å². The molecule has 0 aliphatic heterocycles. The highest BCUT2D eigenvalue weighted by Gasteiger charge is 2.15. The number of pyridine rings is 1. The number of nitrogens with one attached hydrogen (secondary N) is 1. The summed E-state index contributed by atoms with van der Waals surface area (Å²) in [6, 6.07) is 8.42. The van der Waals surface area contributed by atoms with E-state index in [0.29, 0.717) is 17.0 Å². The fourth-order valence-corrected chi connectivity index (χ4v) is 1.87. The number of ether oxygens (including phenoxy) is 1. The number of aromatic nitrogens is 1. The third-order valence-electron chi connectivity index (χ3n) is 2.62. The largest absolute Gasteiger partial charge is 0.495 e. The van der Waals surface area contributed by atoms with Gasteiger partial charge in [-0.15, -0.1) is 0 Å². The Morgan fingerprint density at radius 2 is 2.25 bits per heavy atom. The van der Waals surface area contributed by atoms with E-state index in [0.717, 1.165) is 0 Å². The van der Waals surface area contributed by atoms with E-state index in [1.54, 1.807) is 18.2 Å². The van der Waals surface area contributed by atoms with Crippen LogP contribution >= 0.6 is 11.6 Å². The number of hydrogen-bond donors (Lipinski definition) is 1. The molecule has 0 spiro atoms. The molecule has 1 aromatic heterocycles. The standard InChI is InChI=1S/C14H10ClN3O2/c1-20-12-4-2-3-9(7-16)13(12)18-14(19)10-5-6-17-8-11(10)15/h2-6,8H,1H3,(H,18,19). The van der Waals surface area contributed by atoms with Crippen LogP contribution in [0.2, 0.25) is 5.02 Å². The molecule has 6 heteroatoms. The Bertz CT molecular complexity index is 695. The molecule has 2 rings (SSSR count). The quantitative estimate of drug-likeness (QED) is 0.942. The molecule has 2 aromatic rings. The normalized spacial score (nSPS) is 9.65. The summed E-state index contributed by atoms with van der Waals surface area (Å²) in [5.41, 5.74) is 0.898. The Balaban J connectivity index is 2.38. The number of para-hydroxylation sites is 1. The highest BCUT2D eigenvalue weighted by molar-refractivity contribution is 6.34. The maximum absolute atomic E-state index is 12.2. The minimum Gasteiger partial charge on any atom is -0.495 e. The second kappa shape index (κ2) is 6.04. The molecule has 0 atom stereocenters. The first-order chi connectivity index (χ1) is 9.67. The van der Waals surface area contributed by atoms with Crippen LogP contribution in [0.15, 0.2) is 36.7 Å². The molecule has 1 heterocycles. The van der Waals surface area contributed by atoms with E-state index in [2.05, 4.69) is 10.3 Å². The van der Waals surface area contributed by atoms with Gasteiger partial charge in [-0.05, 0) is 18.2 Å². The van der Waals surface area contributed by atoms with E-state index in [9.17, 15) is 4.79 Å². The van der Waals surface area contributed by atoms with Crippen LogP contribution < -0.4 is 10.1 Å². The predicted octanol–water partition coefficient (Wildman–Crippen LogP) is 2.87. The van der Waals surface area contributed by atoms with E-state index in [1.807, 2.05) is 6.07 Å². The summed E-state index contributed by atoms with van der Waals surface area (Å²) in [7, 11) is 1.46. The van der Waals surface area contributed by atoms with E-state index in [1.165, 1.54) is 25.6 Å². The van der Waals surface area contributed by atoms with Crippen LogP contribution in [-0.4, -0.2) is 18.0 Å². The topological polar surface area (TPSA) is 75.0 Å². The summed E-state index contributed by atoms with van der Waals surface area (Å²) in [5, 5.41) is 12.0. The number of nitrogens with zero attached hydrogens (tertiary/aromatic N) is 2. The molecule has 0 fully saturated rings. The number of carbonyl (C=O) groups excluding carboxylic acids is 1. The first kappa shape index (κ1) is 13.8. The summed E-state index contributed by atoms with van der Waals surface area (Å²) >= 11 is 5.91. The van der Waals surface area contributed by atoms with E-state index in [-0.39, 0.29) is 10.6 Å². The molecular weight excluding hydrogens is 278 g/mol. The monoisotopic (exact) mass is 287 g/mol. The lowest BCUT2D eigenvalue weighted by Gasteiger charge is -2.12. The number of halogens is 1. The van der Waals surface area contributed by atoms with Crippen LogP contribution in [-0.2, 0) is 0 Å². The van der Waals surface area contributed by atoms with Gasteiger partial charge in [0, 0.05) is 12.4 Å². The molecule has 0 aliphatic rings. The van der Waals surface area contributed by atoms with Gasteiger partial charge in [-0.2, -0.15) is 5.26 Å². The van der Waals surface area contributed by atoms with Crippen LogP contribution in [0.5, 0.6) is 5.75 Å². The number of nitriles is 1. The number of anilines is 1. The van der Waals surface area contributed by atoms with Crippen LogP contribution in [0.1, 0.15) is 15.9 Å². The maximum Gasteiger partial charge on any atom is 0.257 e. The van der Waals surface area contributed by atoms with Gasteiger partial charge in [-0.25, -0.2) is 0 Å². The number of benzene rings is 1. The lowest BCUT2D eigenvalue weighted by atomic mass is 10.1. The summed E-state index contributed by atoms with van der Waals surface area (Å²) in [6.07, 6.45) is 2.85. The van der Waals surface area contributed by atoms with Crippen molar-refractivity contribution in [2.75, 3.05) is 12.4 Å². The number of amides is 1. The van der Waals surface area contributed by atoms with Crippen molar-refractivity contribution in [3.63, 3.8) is 0 Å². The van der Waals surface area contributed by atoms with Crippen molar-refractivity contribution >= 4 is 23.2 Å². The highest BCUT2D eigenvalue weighted by Crippen LogP contribution is 2.28. The van der Waals surface area contributed by atoms with E-state index in [4.69, 9.17) is 21.6 Å². The molecule has 0 radical (unpaired) electrons. The van der Waals surface area contributed by atoms with E-state index < -0.39 is 5.91 Å². The number of methoxy groups -OCH3 is 1. The van der Waals surface area contributed by atoms with Crippen molar-refractivity contribution in [2.24, 2.45) is 0 Å². The van der Waals surface area contributed by atoms with Gasteiger partial charge < -0.3 is 10.1 Å². The summed E-state index contributed by atoms with van der Waals surface area (Å²) in [4.78, 5) is 16.0. The molecule has 100 valence electrons. The molecule has 0 saturated heterocycles. The minimum absolute atomic E-state index is 0.235. The average molecular weight is 288 g/mol. The smallest absolute Gasteiger partial charge is 0.257 e. The zero-order chi connectivity index (χ0) is 14.5. The maximum atomic E-state index is 12.2. The van der Waals surface area contributed by atoms with Gasteiger partial charge in [0.15, 0.2) is 0 Å². The minimum atomic E-state index is -0.432. The number of hydrogen-bond acceptors (Lipinski definition) is 4. The Labute approximate surface area is 120 Å². The summed E-state index contributed by atoms with van der Waals surface area (Å²) in [5.74, 6) is -0.0269. The third-order valence-corrected chi connectivity index (χ3v) is 2.92. The van der Waals surface area contributed by atoms with Crippen molar-refractivity contribution < 1.29 is 9.53 Å². The lowest BCUT2D eigenvalue weighted by molar-refractivity contribution is 0.102. The summed E-state index contributed by atoms with van der Waals surface area (Å²) < 4.78 is 5.14. The van der Waals surface area contributed by atoms with Gasteiger partial charge in [0.05, 0.1) is 23.3 Å². The molecule has 1 N–H and O–H groups in total. The Morgan fingerprint density at radius 1 is 1.45 bits per heavy atom. The van der Waals surface area contributed by atoms with E-state index >= 15 is 0 Å². The second-order valence-electron chi connectivity index (χ2n) is 3.80. The van der Waals surface area contributed by atoms with Gasteiger partial charge in [0.2, 0.25) is 0 Å². The van der Waals surface area contributed by atoms with Crippen molar-refractivity contribution in [3.05, 3.63) is 52.8 Å². The van der Waals surface area contributed by atoms with Gasteiger partial charge in [-0.1, -0.05) is 17.7 Å². The average Bonchev–Trinajstić information content (AvgIpc) is 2.47. The molecule has 0 bridgehead atoms. The molecule has 0 saturated carbocycles. The van der Waals surface area contributed by atoms with Crippen molar-refractivity contribution in [2.45, 2.75) is 0 Å². The Kier molecular flexibility index (Phi) is 4.18. The van der Waals surface area contributed by atoms with Crippen molar-refractivity contribution in [1.29, 1.82) is 5.26 Å². The van der Waals surface area contributed by atoms with Gasteiger partial charge >= 0.3 is 0 Å². The zero-order valence-corrected chi connectivity index (χ0v) is 11.3. The predicted molar refractivity (Wildman–Crippen MR) is 74.9 cm³/mol. The molecule has 1 amide bonds. The first-order valence-corrected chi connectivity index (χ1v) is 6.03. The molecule has 1 aromatic carbocycles. The number of carbonyl (C=O) groups is 1. The van der Waals surface area contributed by atoms with Crippen molar-refractivity contribution in [1.82, 2.24) is 4.98 Å².